The SMILES string of the molecule is Cc1cc2c(=O)n(CCOc3ccc(C(C)(C)C)cc3)c(C)nc2s1. The number of thiophene rings is 1. The second-order valence-corrected chi connectivity index (χ2v) is 8.55. The van der Waals surface area contributed by atoms with Crippen molar-refractivity contribution in [3.63, 3.8) is 0 Å². The molecule has 3 rings (SSSR count). The van der Waals surface area contributed by atoms with Gasteiger partial charge >= 0.3 is 0 Å². The van der Waals surface area contributed by atoms with Crippen LogP contribution in [0.4, 0.5) is 0 Å². The molecule has 0 saturated carbocycles. The van der Waals surface area contributed by atoms with Gasteiger partial charge in [-0.25, -0.2) is 4.98 Å². The Hall–Kier alpha value is -2.14. The van der Waals surface area contributed by atoms with Gasteiger partial charge in [0.1, 0.15) is 23.0 Å². The van der Waals surface area contributed by atoms with Gasteiger partial charge in [-0.3, -0.25) is 9.36 Å². The number of rotatable bonds is 4. The Balaban J connectivity index is 1.72. The molecular weight excluding hydrogens is 332 g/mol. The van der Waals surface area contributed by atoms with Crippen molar-refractivity contribution in [3.05, 3.63) is 57.0 Å². The maximum atomic E-state index is 12.6. The smallest absolute Gasteiger partial charge is 0.262 e. The lowest BCUT2D eigenvalue weighted by Gasteiger charge is -2.19. The maximum absolute atomic E-state index is 12.6. The van der Waals surface area contributed by atoms with Gasteiger partial charge in [-0.05, 0) is 43.0 Å². The molecule has 132 valence electrons. The highest BCUT2D eigenvalue weighted by molar-refractivity contribution is 7.18. The van der Waals surface area contributed by atoms with E-state index in [4.69, 9.17) is 4.74 Å². The maximum Gasteiger partial charge on any atom is 0.262 e. The molecule has 0 fully saturated rings. The molecule has 0 N–H and O–H groups in total. The minimum atomic E-state index is 0.0125. The minimum Gasteiger partial charge on any atom is -0.492 e. The summed E-state index contributed by atoms with van der Waals surface area (Å²) < 4.78 is 7.51. The van der Waals surface area contributed by atoms with E-state index in [0.29, 0.717) is 18.5 Å². The third kappa shape index (κ3) is 3.76. The highest BCUT2D eigenvalue weighted by Crippen LogP contribution is 2.24. The molecule has 0 aliphatic carbocycles. The predicted octanol–water partition coefficient (Wildman–Crippen LogP) is 4.45. The quantitative estimate of drug-likeness (QED) is 0.694. The molecule has 0 aliphatic heterocycles. The largest absolute Gasteiger partial charge is 0.492 e. The summed E-state index contributed by atoms with van der Waals surface area (Å²) in [4.78, 5) is 19.1. The molecule has 0 aliphatic rings. The monoisotopic (exact) mass is 356 g/mol. The predicted molar refractivity (Wildman–Crippen MR) is 104 cm³/mol. The van der Waals surface area contributed by atoms with E-state index < -0.39 is 0 Å². The highest BCUT2D eigenvalue weighted by atomic mass is 32.1. The van der Waals surface area contributed by atoms with Crippen LogP contribution in [0.15, 0.2) is 35.1 Å². The second kappa shape index (κ2) is 6.64. The number of hydrogen-bond acceptors (Lipinski definition) is 4. The molecule has 0 amide bonds. The summed E-state index contributed by atoms with van der Waals surface area (Å²) >= 11 is 1.56. The number of hydrogen-bond donors (Lipinski definition) is 0. The summed E-state index contributed by atoms with van der Waals surface area (Å²) in [5, 5.41) is 0.697. The van der Waals surface area contributed by atoms with E-state index in [9.17, 15) is 4.79 Å². The lowest BCUT2D eigenvalue weighted by Crippen LogP contribution is -2.26. The first-order chi connectivity index (χ1) is 11.8. The van der Waals surface area contributed by atoms with Gasteiger partial charge in [0.15, 0.2) is 0 Å². The van der Waals surface area contributed by atoms with Gasteiger partial charge in [-0.1, -0.05) is 32.9 Å². The van der Waals surface area contributed by atoms with Gasteiger partial charge in [0.25, 0.3) is 5.56 Å². The first-order valence-electron chi connectivity index (χ1n) is 8.46. The van der Waals surface area contributed by atoms with Crippen molar-refractivity contribution >= 4 is 21.6 Å². The van der Waals surface area contributed by atoms with Crippen LogP contribution in [0.5, 0.6) is 5.75 Å². The molecule has 0 atom stereocenters. The van der Waals surface area contributed by atoms with Crippen LogP contribution in [0.1, 0.15) is 37.0 Å². The molecule has 3 aromatic rings. The first kappa shape index (κ1) is 17.7. The van der Waals surface area contributed by atoms with Crippen LogP contribution in [0, 0.1) is 13.8 Å². The van der Waals surface area contributed by atoms with Crippen molar-refractivity contribution in [1.29, 1.82) is 0 Å². The van der Waals surface area contributed by atoms with Gasteiger partial charge in [-0.2, -0.15) is 0 Å². The molecule has 2 heterocycles. The highest BCUT2D eigenvalue weighted by Gasteiger charge is 2.13. The van der Waals surface area contributed by atoms with Crippen LogP contribution in [0.25, 0.3) is 10.2 Å². The molecule has 0 bridgehead atoms. The summed E-state index contributed by atoms with van der Waals surface area (Å²) in [7, 11) is 0. The third-order valence-corrected chi connectivity index (χ3v) is 5.21. The van der Waals surface area contributed by atoms with E-state index in [0.717, 1.165) is 21.3 Å². The number of nitrogens with zero attached hydrogens (tertiary/aromatic N) is 2. The van der Waals surface area contributed by atoms with Gasteiger partial charge in [0.2, 0.25) is 0 Å². The molecular formula is C20H24N2O2S. The number of aromatic nitrogens is 2. The summed E-state index contributed by atoms with van der Waals surface area (Å²) in [5.74, 6) is 1.55. The van der Waals surface area contributed by atoms with E-state index >= 15 is 0 Å². The van der Waals surface area contributed by atoms with Crippen molar-refractivity contribution in [1.82, 2.24) is 9.55 Å². The average molecular weight is 356 g/mol. The Morgan fingerprint density at radius 2 is 1.84 bits per heavy atom. The Kier molecular flexibility index (Phi) is 4.69. The third-order valence-electron chi connectivity index (χ3n) is 4.27. The zero-order chi connectivity index (χ0) is 18.2. The molecule has 4 nitrogen and oxygen atoms in total. The van der Waals surface area contributed by atoms with Crippen LogP contribution >= 0.6 is 11.3 Å². The fourth-order valence-corrected chi connectivity index (χ4v) is 3.72. The van der Waals surface area contributed by atoms with Crippen LogP contribution in [-0.4, -0.2) is 16.2 Å². The Bertz CT molecular complexity index is 947. The van der Waals surface area contributed by atoms with E-state index in [1.807, 2.05) is 32.0 Å². The van der Waals surface area contributed by atoms with Crippen LogP contribution in [0.3, 0.4) is 0 Å². The van der Waals surface area contributed by atoms with Crippen molar-refractivity contribution in [3.8, 4) is 5.75 Å². The molecule has 25 heavy (non-hydrogen) atoms. The average Bonchev–Trinajstić information content (AvgIpc) is 2.90. The number of benzene rings is 1. The molecule has 0 saturated heterocycles. The molecule has 0 spiro atoms. The van der Waals surface area contributed by atoms with Crippen LogP contribution in [-0.2, 0) is 12.0 Å². The zero-order valence-electron chi connectivity index (χ0n) is 15.4. The van der Waals surface area contributed by atoms with Crippen molar-refractivity contribution in [2.75, 3.05) is 6.61 Å². The lowest BCUT2D eigenvalue weighted by atomic mass is 9.87. The number of fused-ring (bicyclic) bond motifs is 1. The van der Waals surface area contributed by atoms with Crippen LogP contribution in [0.2, 0.25) is 0 Å². The fourth-order valence-electron chi connectivity index (χ4n) is 2.81. The van der Waals surface area contributed by atoms with Crippen molar-refractivity contribution in [2.24, 2.45) is 0 Å². The molecule has 0 radical (unpaired) electrons. The van der Waals surface area contributed by atoms with Gasteiger partial charge in [0.05, 0.1) is 11.9 Å². The van der Waals surface area contributed by atoms with Gasteiger partial charge in [-0.15, -0.1) is 11.3 Å². The standard InChI is InChI=1S/C20H24N2O2S/c1-13-12-17-18(25-13)21-14(2)22(19(17)23)10-11-24-16-8-6-15(7-9-16)20(3,4)5/h6-9,12H,10-11H2,1-5H3. The lowest BCUT2D eigenvalue weighted by molar-refractivity contribution is 0.294. The van der Waals surface area contributed by atoms with Crippen molar-refractivity contribution in [2.45, 2.75) is 46.6 Å². The van der Waals surface area contributed by atoms with Gasteiger partial charge in [0, 0.05) is 4.88 Å². The molecule has 1 aromatic carbocycles. The van der Waals surface area contributed by atoms with E-state index in [2.05, 4.69) is 37.9 Å². The van der Waals surface area contributed by atoms with Crippen LogP contribution < -0.4 is 10.3 Å². The van der Waals surface area contributed by atoms with E-state index in [1.165, 1.54) is 5.56 Å². The zero-order valence-corrected chi connectivity index (χ0v) is 16.2. The summed E-state index contributed by atoms with van der Waals surface area (Å²) in [6.45, 7) is 11.4. The van der Waals surface area contributed by atoms with E-state index in [1.54, 1.807) is 15.9 Å². The molecule has 5 heteroatoms. The molecule has 0 unspecified atom stereocenters. The number of aryl methyl sites for hydroxylation is 2. The van der Waals surface area contributed by atoms with E-state index in [-0.39, 0.29) is 11.0 Å². The van der Waals surface area contributed by atoms with Gasteiger partial charge < -0.3 is 4.74 Å². The minimum absolute atomic E-state index is 0.0125. The Morgan fingerprint density at radius 1 is 1.16 bits per heavy atom. The normalized spacial score (nSPS) is 11.9. The Morgan fingerprint density at radius 3 is 2.48 bits per heavy atom. The summed E-state index contributed by atoms with van der Waals surface area (Å²) in [6.07, 6.45) is 0. The topological polar surface area (TPSA) is 44.1 Å². The Labute approximate surface area is 152 Å². The fraction of sp³-hybridized carbons (Fsp3) is 0.400. The second-order valence-electron chi connectivity index (χ2n) is 7.31. The van der Waals surface area contributed by atoms with Crippen molar-refractivity contribution < 1.29 is 4.74 Å². The number of ether oxygens (including phenoxy) is 1. The summed E-state index contributed by atoms with van der Waals surface area (Å²) in [6, 6.07) is 10.1. The first-order valence-corrected chi connectivity index (χ1v) is 9.28. The summed E-state index contributed by atoms with van der Waals surface area (Å²) in [5.41, 5.74) is 1.41. The molecule has 2 aromatic heterocycles.